The number of rotatable bonds is 5. The molecule has 47 heavy (non-hydrogen) atoms. The fourth-order valence-corrected chi connectivity index (χ4v) is 7.73. The van der Waals surface area contributed by atoms with E-state index in [1.165, 1.54) is 34.4 Å². The van der Waals surface area contributed by atoms with E-state index in [2.05, 4.69) is 81.3 Å². The maximum absolute atomic E-state index is 12.9. The Balaban J connectivity index is 1.03. The third-order valence-corrected chi connectivity index (χ3v) is 10.1. The number of aromatic amines is 2. The molecule has 3 aromatic carbocycles. The first kappa shape index (κ1) is 29.9. The molecule has 2 aliphatic carbocycles. The summed E-state index contributed by atoms with van der Waals surface area (Å²) in [5.74, 6) is 1.90. The van der Waals surface area contributed by atoms with Crippen LogP contribution >= 0.6 is 0 Å². The van der Waals surface area contributed by atoms with Gasteiger partial charge in [0.2, 0.25) is 0 Å². The number of carbonyl (C=O) groups excluding carboxylic acids is 1. The van der Waals surface area contributed by atoms with E-state index in [0.29, 0.717) is 6.04 Å². The molecule has 5 aromatic rings. The number of hydrogen-bond acceptors (Lipinski definition) is 5. The lowest BCUT2D eigenvalue weighted by atomic mass is 9.81. The summed E-state index contributed by atoms with van der Waals surface area (Å²) in [4.78, 5) is 30.1. The summed E-state index contributed by atoms with van der Waals surface area (Å²) in [7, 11) is 0. The second kappa shape index (κ2) is 11.7. The molecule has 1 saturated carbocycles. The quantitative estimate of drug-likeness (QED) is 0.156. The van der Waals surface area contributed by atoms with E-state index in [-0.39, 0.29) is 0 Å². The summed E-state index contributed by atoms with van der Waals surface area (Å²) < 4.78 is 5.64. The largest absolute Gasteiger partial charge is 0.444 e. The van der Waals surface area contributed by atoms with Crippen LogP contribution in [0.5, 0.6) is 0 Å². The third-order valence-electron chi connectivity index (χ3n) is 10.1. The minimum absolute atomic E-state index is 0.354. The average Bonchev–Trinajstić information content (AvgIpc) is 3.84. The zero-order chi connectivity index (χ0) is 32.2. The van der Waals surface area contributed by atoms with E-state index < -0.39 is 17.2 Å². The van der Waals surface area contributed by atoms with Gasteiger partial charge in [-0.15, -0.1) is 0 Å². The zero-order valence-electron chi connectivity index (χ0n) is 27.6. The maximum Gasteiger partial charge on any atom is 0.408 e. The molecule has 0 unspecified atom stereocenters. The van der Waals surface area contributed by atoms with Gasteiger partial charge >= 0.3 is 6.09 Å². The molecule has 8 heteroatoms. The number of hydrogen-bond donors (Lipinski definition) is 4. The van der Waals surface area contributed by atoms with Gasteiger partial charge in [-0.25, -0.2) is 14.8 Å². The molecule has 0 bridgehead atoms. The monoisotopic (exact) mass is 628 g/mol. The Labute approximate surface area is 276 Å². The van der Waals surface area contributed by atoms with Crippen molar-refractivity contribution in [2.45, 2.75) is 95.7 Å². The van der Waals surface area contributed by atoms with E-state index in [4.69, 9.17) is 14.7 Å². The van der Waals surface area contributed by atoms with E-state index >= 15 is 0 Å². The summed E-state index contributed by atoms with van der Waals surface area (Å²) in [5.41, 5.74) is 10.5. The normalized spacial score (nSPS) is 18.9. The summed E-state index contributed by atoms with van der Waals surface area (Å²) >= 11 is 0. The van der Waals surface area contributed by atoms with Crippen LogP contribution in [-0.2, 0) is 23.1 Å². The molecule has 1 aliphatic heterocycles. The molecule has 2 aromatic heterocycles. The van der Waals surface area contributed by atoms with E-state index in [1.54, 1.807) is 0 Å². The van der Waals surface area contributed by atoms with Crippen LogP contribution in [0.3, 0.4) is 0 Å². The van der Waals surface area contributed by atoms with Crippen molar-refractivity contribution in [2.75, 3.05) is 6.54 Å². The van der Waals surface area contributed by atoms with Crippen LogP contribution in [0, 0.1) is 0 Å². The van der Waals surface area contributed by atoms with Crippen molar-refractivity contribution in [1.29, 1.82) is 0 Å². The minimum Gasteiger partial charge on any atom is -0.444 e. The molecule has 1 atom stereocenters. The van der Waals surface area contributed by atoms with Gasteiger partial charge in [0.1, 0.15) is 22.8 Å². The summed E-state index contributed by atoms with van der Waals surface area (Å²) in [6.45, 7) is 6.74. The Hall–Kier alpha value is -4.43. The molecule has 3 aliphatic rings. The van der Waals surface area contributed by atoms with Gasteiger partial charge in [0.15, 0.2) is 0 Å². The molecule has 0 radical (unpaired) electrons. The Morgan fingerprint density at radius 2 is 1.57 bits per heavy atom. The van der Waals surface area contributed by atoms with E-state index in [9.17, 15) is 4.79 Å². The number of imidazole rings is 2. The molecule has 1 amide bonds. The van der Waals surface area contributed by atoms with Gasteiger partial charge in [0, 0.05) is 11.3 Å². The molecular formula is C39H44N6O2. The Bertz CT molecular complexity index is 1930. The number of nitrogens with zero attached hydrogens (tertiary/aromatic N) is 2. The van der Waals surface area contributed by atoms with Crippen molar-refractivity contribution in [3.05, 3.63) is 83.6 Å². The van der Waals surface area contributed by atoms with Gasteiger partial charge in [-0.1, -0.05) is 67.8 Å². The number of amides is 1. The highest BCUT2D eigenvalue weighted by Crippen LogP contribution is 2.39. The van der Waals surface area contributed by atoms with Crippen molar-refractivity contribution in [1.82, 2.24) is 30.6 Å². The van der Waals surface area contributed by atoms with Gasteiger partial charge in [-0.05, 0) is 106 Å². The molecule has 8 rings (SSSR count). The van der Waals surface area contributed by atoms with Crippen molar-refractivity contribution in [3.63, 3.8) is 0 Å². The zero-order valence-corrected chi connectivity index (χ0v) is 27.6. The molecule has 242 valence electrons. The number of benzene rings is 3. The van der Waals surface area contributed by atoms with Gasteiger partial charge in [0.05, 0.1) is 22.8 Å². The second-order valence-corrected chi connectivity index (χ2v) is 14.6. The summed E-state index contributed by atoms with van der Waals surface area (Å²) in [5, 5.41) is 6.78. The van der Waals surface area contributed by atoms with E-state index in [1.807, 2.05) is 20.8 Å². The lowest BCUT2D eigenvalue weighted by molar-refractivity contribution is 0.0412. The van der Waals surface area contributed by atoms with Crippen LogP contribution in [-0.4, -0.2) is 38.2 Å². The Morgan fingerprint density at radius 3 is 2.30 bits per heavy atom. The molecule has 2 fully saturated rings. The van der Waals surface area contributed by atoms with Gasteiger partial charge < -0.3 is 25.3 Å². The van der Waals surface area contributed by atoms with E-state index in [0.717, 1.165) is 97.4 Å². The fraction of sp³-hybridized carbons (Fsp3) is 0.410. The van der Waals surface area contributed by atoms with Crippen LogP contribution in [0.4, 0.5) is 4.79 Å². The first-order valence-corrected chi connectivity index (χ1v) is 17.3. The van der Waals surface area contributed by atoms with Gasteiger partial charge in [-0.3, -0.25) is 0 Å². The topological polar surface area (TPSA) is 108 Å². The SMILES string of the molecule is CC(C)(C)OC(=O)NC1(c2nc3ccc(-c4ccc(-c5ccc6c(c5)CCc5[nH]c([C@@H]7CCCN7)nc5-6)cc4)cc3[nH]2)CCCCC1. The number of ether oxygens (including phenoxy) is 1. The predicted molar refractivity (Wildman–Crippen MR) is 186 cm³/mol. The number of nitrogens with one attached hydrogen (secondary N) is 4. The first-order valence-electron chi connectivity index (χ1n) is 17.3. The van der Waals surface area contributed by atoms with Gasteiger partial charge in [0.25, 0.3) is 0 Å². The molecule has 3 heterocycles. The highest BCUT2D eigenvalue weighted by molar-refractivity contribution is 5.83. The molecular weight excluding hydrogens is 584 g/mol. The highest BCUT2D eigenvalue weighted by Gasteiger charge is 2.39. The molecule has 4 N–H and O–H groups in total. The summed E-state index contributed by atoms with van der Waals surface area (Å²) in [6, 6.07) is 22.4. The van der Waals surface area contributed by atoms with Gasteiger partial charge in [-0.2, -0.15) is 0 Å². The fourth-order valence-electron chi connectivity index (χ4n) is 7.73. The number of alkyl carbamates (subject to hydrolysis) is 1. The standard InChI is InChI=1S/C39H44N6O2/c1-38(2,3)47-37(46)45-39(19-5-4-6-20-39)36-42-30-17-14-27(23-33(30)43-36)25-11-9-24(10-12-25)26-13-16-29-28(22-26)15-18-31-34(29)44-35(41-31)32-8-7-21-40-32/h9-14,16-17,22-23,32,40H,4-8,15,18-21H2,1-3H3,(H,41,44)(H,42,43)(H,45,46)/t32-/m0/s1. The molecule has 8 nitrogen and oxygen atoms in total. The number of aromatic nitrogens is 4. The maximum atomic E-state index is 12.9. The lowest BCUT2D eigenvalue weighted by Crippen LogP contribution is -2.49. The minimum atomic E-state index is -0.556. The number of aryl methyl sites for hydroxylation is 2. The van der Waals surface area contributed by atoms with Crippen molar-refractivity contribution in [2.24, 2.45) is 0 Å². The molecule has 1 saturated heterocycles. The first-order chi connectivity index (χ1) is 22.7. The van der Waals surface area contributed by atoms with Crippen LogP contribution in [0.2, 0.25) is 0 Å². The highest BCUT2D eigenvalue weighted by atomic mass is 16.6. The van der Waals surface area contributed by atoms with Crippen LogP contribution in [0.25, 0.3) is 44.5 Å². The molecule has 0 spiro atoms. The predicted octanol–water partition coefficient (Wildman–Crippen LogP) is 8.49. The average molecular weight is 629 g/mol. The lowest BCUT2D eigenvalue weighted by Gasteiger charge is -2.36. The second-order valence-electron chi connectivity index (χ2n) is 14.6. The summed E-state index contributed by atoms with van der Waals surface area (Å²) in [6.07, 6.45) is 8.91. The number of H-pyrrole nitrogens is 2. The number of carbonyl (C=O) groups is 1. The van der Waals surface area contributed by atoms with Crippen molar-refractivity contribution in [3.8, 4) is 33.5 Å². The Kier molecular flexibility index (Phi) is 7.43. The van der Waals surface area contributed by atoms with Crippen LogP contribution in [0.1, 0.15) is 94.7 Å². The van der Waals surface area contributed by atoms with Crippen molar-refractivity contribution < 1.29 is 9.53 Å². The van der Waals surface area contributed by atoms with Crippen LogP contribution < -0.4 is 10.6 Å². The van der Waals surface area contributed by atoms with Crippen LogP contribution in [0.15, 0.2) is 60.7 Å². The number of fused-ring (bicyclic) bond motifs is 4. The third kappa shape index (κ3) is 5.84. The Morgan fingerprint density at radius 1 is 0.851 bits per heavy atom. The smallest absolute Gasteiger partial charge is 0.408 e. The van der Waals surface area contributed by atoms with Crippen molar-refractivity contribution >= 4 is 17.1 Å².